The van der Waals surface area contributed by atoms with Crippen LogP contribution >= 0.6 is 15.9 Å². The molecule has 3 aromatic rings. The summed E-state index contributed by atoms with van der Waals surface area (Å²) in [6.45, 7) is 2.55. The highest BCUT2D eigenvalue weighted by Gasteiger charge is 2.10. The largest absolute Gasteiger partial charge is 0.494 e. The molecule has 1 aromatic heterocycles. The molecule has 2 N–H and O–H groups in total. The number of carbonyl (C=O) groups excluding carboxylic acids is 2. The number of aryl methyl sites for hydroxylation is 1. The molecule has 0 bridgehead atoms. The van der Waals surface area contributed by atoms with Gasteiger partial charge in [0.05, 0.1) is 23.8 Å². The van der Waals surface area contributed by atoms with Crippen molar-refractivity contribution in [2.24, 2.45) is 0 Å². The number of benzene rings is 2. The summed E-state index contributed by atoms with van der Waals surface area (Å²) in [7, 11) is 0. The van der Waals surface area contributed by atoms with Crippen molar-refractivity contribution < 1.29 is 14.3 Å². The van der Waals surface area contributed by atoms with Gasteiger partial charge >= 0.3 is 0 Å². The SMILES string of the molecule is CCOc1ccc(C(=O)NNC(=O)CCn2cnc3ccc(Br)cc3c2=O)cc1. The Morgan fingerprint density at radius 3 is 2.62 bits per heavy atom. The molecule has 9 heteroatoms. The van der Waals surface area contributed by atoms with Gasteiger partial charge in [-0.1, -0.05) is 15.9 Å². The summed E-state index contributed by atoms with van der Waals surface area (Å²) in [5, 5.41) is 0.464. The van der Waals surface area contributed by atoms with Crippen molar-refractivity contribution in [1.29, 1.82) is 0 Å². The van der Waals surface area contributed by atoms with Gasteiger partial charge in [0.1, 0.15) is 5.75 Å². The zero-order chi connectivity index (χ0) is 20.8. The third-order valence-corrected chi connectivity index (χ3v) is 4.60. The first kappa shape index (κ1) is 20.5. The molecular formula is C20H19BrN4O4. The molecule has 8 nitrogen and oxygen atoms in total. The normalized spacial score (nSPS) is 10.6. The topological polar surface area (TPSA) is 102 Å². The van der Waals surface area contributed by atoms with Gasteiger partial charge in [-0.2, -0.15) is 0 Å². The monoisotopic (exact) mass is 458 g/mol. The number of carbonyl (C=O) groups is 2. The number of amides is 2. The molecule has 0 aliphatic rings. The van der Waals surface area contributed by atoms with Crippen molar-refractivity contribution >= 4 is 38.6 Å². The minimum atomic E-state index is -0.448. The van der Waals surface area contributed by atoms with Crippen LogP contribution in [0.15, 0.2) is 58.1 Å². The van der Waals surface area contributed by atoms with Crippen molar-refractivity contribution in [3.8, 4) is 5.75 Å². The number of hydrogen-bond acceptors (Lipinski definition) is 5. The van der Waals surface area contributed by atoms with Crippen LogP contribution in [0.1, 0.15) is 23.7 Å². The van der Waals surface area contributed by atoms with Gasteiger partial charge in [-0.15, -0.1) is 0 Å². The van der Waals surface area contributed by atoms with E-state index in [4.69, 9.17) is 4.74 Å². The Labute approximate surface area is 175 Å². The Morgan fingerprint density at radius 1 is 1.14 bits per heavy atom. The van der Waals surface area contributed by atoms with E-state index in [9.17, 15) is 14.4 Å². The highest BCUT2D eigenvalue weighted by Crippen LogP contribution is 2.15. The minimum Gasteiger partial charge on any atom is -0.494 e. The first-order valence-electron chi connectivity index (χ1n) is 8.94. The number of aromatic nitrogens is 2. The van der Waals surface area contributed by atoms with Gasteiger partial charge in [0, 0.05) is 23.0 Å². The van der Waals surface area contributed by atoms with Gasteiger partial charge < -0.3 is 4.74 Å². The Bertz CT molecular complexity index is 1100. The van der Waals surface area contributed by atoms with Gasteiger partial charge in [0.15, 0.2) is 0 Å². The minimum absolute atomic E-state index is 0.00462. The van der Waals surface area contributed by atoms with Crippen LogP contribution in [0.3, 0.4) is 0 Å². The van der Waals surface area contributed by atoms with E-state index in [1.54, 1.807) is 42.5 Å². The lowest BCUT2D eigenvalue weighted by molar-refractivity contribution is -0.122. The van der Waals surface area contributed by atoms with Gasteiger partial charge in [0.2, 0.25) is 5.91 Å². The molecule has 2 aromatic carbocycles. The van der Waals surface area contributed by atoms with E-state index in [1.807, 2.05) is 6.92 Å². The van der Waals surface area contributed by atoms with Crippen molar-refractivity contribution in [2.45, 2.75) is 19.9 Å². The molecule has 1 heterocycles. The Balaban J connectivity index is 1.55. The molecule has 0 fully saturated rings. The molecule has 0 aliphatic heterocycles. The second kappa shape index (κ2) is 9.33. The number of nitrogens with zero attached hydrogens (tertiary/aromatic N) is 2. The average molecular weight is 459 g/mol. The quantitative estimate of drug-likeness (QED) is 0.552. The number of ether oxygens (including phenoxy) is 1. The molecule has 0 spiro atoms. The predicted molar refractivity (Wildman–Crippen MR) is 112 cm³/mol. The molecule has 150 valence electrons. The van der Waals surface area contributed by atoms with Crippen molar-refractivity contribution in [3.05, 3.63) is 69.2 Å². The number of hydrazine groups is 1. The smallest absolute Gasteiger partial charge is 0.269 e. The van der Waals surface area contributed by atoms with E-state index in [-0.39, 0.29) is 18.5 Å². The van der Waals surface area contributed by atoms with Crippen LogP contribution in [0.4, 0.5) is 0 Å². The lowest BCUT2D eigenvalue weighted by Gasteiger charge is -2.09. The third-order valence-electron chi connectivity index (χ3n) is 4.11. The molecule has 2 amide bonds. The maximum absolute atomic E-state index is 12.5. The van der Waals surface area contributed by atoms with E-state index in [0.29, 0.717) is 28.8 Å². The van der Waals surface area contributed by atoms with E-state index >= 15 is 0 Å². The lowest BCUT2D eigenvalue weighted by atomic mass is 10.2. The van der Waals surface area contributed by atoms with Gasteiger partial charge in [-0.05, 0) is 49.4 Å². The van der Waals surface area contributed by atoms with E-state index < -0.39 is 11.8 Å². The van der Waals surface area contributed by atoms with E-state index in [0.717, 1.165) is 4.47 Å². The second-order valence-electron chi connectivity index (χ2n) is 6.11. The van der Waals surface area contributed by atoms with Crippen LogP contribution in [-0.2, 0) is 11.3 Å². The molecular weight excluding hydrogens is 440 g/mol. The third kappa shape index (κ3) is 5.20. The Morgan fingerprint density at radius 2 is 1.90 bits per heavy atom. The zero-order valence-electron chi connectivity index (χ0n) is 15.6. The lowest BCUT2D eigenvalue weighted by Crippen LogP contribution is -2.42. The summed E-state index contributed by atoms with van der Waals surface area (Å²) in [4.78, 5) is 40.9. The predicted octanol–water partition coefficient (Wildman–Crippen LogP) is 2.41. The first-order valence-corrected chi connectivity index (χ1v) is 9.74. The Hall–Kier alpha value is -3.20. The fourth-order valence-electron chi connectivity index (χ4n) is 2.64. The van der Waals surface area contributed by atoms with Crippen LogP contribution in [-0.4, -0.2) is 28.0 Å². The summed E-state index contributed by atoms with van der Waals surface area (Å²) in [5.41, 5.74) is 5.43. The number of fused-ring (bicyclic) bond motifs is 1. The number of rotatable bonds is 6. The highest BCUT2D eigenvalue weighted by molar-refractivity contribution is 9.10. The van der Waals surface area contributed by atoms with Gasteiger partial charge in [0.25, 0.3) is 11.5 Å². The van der Waals surface area contributed by atoms with Crippen molar-refractivity contribution in [2.75, 3.05) is 6.61 Å². The number of nitrogens with one attached hydrogen (secondary N) is 2. The average Bonchev–Trinajstić information content (AvgIpc) is 2.72. The summed E-state index contributed by atoms with van der Waals surface area (Å²) < 4.78 is 7.46. The van der Waals surface area contributed by atoms with Gasteiger partial charge in [-0.3, -0.25) is 29.8 Å². The standard InChI is InChI=1S/C20H19BrN4O4/c1-2-29-15-6-3-13(4-7-15)19(27)24-23-18(26)9-10-25-12-22-17-8-5-14(21)11-16(17)20(25)28/h3-8,11-12H,2,9-10H2,1H3,(H,23,26)(H,24,27). The van der Waals surface area contributed by atoms with Crippen LogP contribution in [0, 0.1) is 0 Å². The molecule has 0 unspecified atom stereocenters. The highest BCUT2D eigenvalue weighted by atomic mass is 79.9. The van der Waals surface area contributed by atoms with Crippen LogP contribution < -0.4 is 21.1 Å². The second-order valence-corrected chi connectivity index (χ2v) is 7.03. The molecule has 0 aliphatic carbocycles. The molecule has 0 saturated carbocycles. The van der Waals surface area contributed by atoms with Gasteiger partial charge in [-0.25, -0.2) is 4.98 Å². The van der Waals surface area contributed by atoms with Crippen LogP contribution in [0.25, 0.3) is 10.9 Å². The fraction of sp³-hybridized carbons (Fsp3) is 0.200. The summed E-state index contributed by atoms with van der Waals surface area (Å²) in [6, 6.07) is 11.8. The van der Waals surface area contributed by atoms with Crippen molar-refractivity contribution in [1.82, 2.24) is 20.4 Å². The van der Waals surface area contributed by atoms with Crippen LogP contribution in [0.2, 0.25) is 0 Å². The molecule has 0 atom stereocenters. The fourth-order valence-corrected chi connectivity index (χ4v) is 3.00. The molecule has 0 saturated heterocycles. The summed E-state index contributed by atoms with van der Waals surface area (Å²) in [6.07, 6.45) is 1.41. The zero-order valence-corrected chi connectivity index (χ0v) is 17.2. The first-order chi connectivity index (χ1) is 14.0. The van der Waals surface area contributed by atoms with E-state index in [2.05, 4.69) is 31.8 Å². The van der Waals surface area contributed by atoms with Crippen LogP contribution in [0.5, 0.6) is 5.75 Å². The Kier molecular flexibility index (Phi) is 6.61. The summed E-state index contributed by atoms with van der Waals surface area (Å²) >= 11 is 3.33. The maximum Gasteiger partial charge on any atom is 0.269 e. The molecule has 0 radical (unpaired) electrons. The maximum atomic E-state index is 12.5. The number of halogens is 1. The molecule has 3 rings (SSSR count). The number of hydrogen-bond donors (Lipinski definition) is 2. The van der Waals surface area contributed by atoms with E-state index in [1.165, 1.54) is 10.9 Å². The van der Waals surface area contributed by atoms with Crippen molar-refractivity contribution in [3.63, 3.8) is 0 Å². The summed E-state index contributed by atoms with van der Waals surface area (Å²) in [5.74, 6) is -0.212. The molecule has 29 heavy (non-hydrogen) atoms.